The van der Waals surface area contributed by atoms with Crippen molar-refractivity contribution in [2.75, 3.05) is 26.2 Å². The second-order valence-electron chi connectivity index (χ2n) is 8.23. The molecule has 3 aromatic rings. The van der Waals surface area contributed by atoms with Crippen molar-refractivity contribution in [3.8, 4) is 0 Å². The molecule has 0 aliphatic carbocycles. The summed E-state index contributed by atoms with van der Waals surface area (Å²) in [6.45, 7) is 5.17. The lowest BCUT2D eigenvalue weighted by atomic mass is 10.2. The smallest absolute Gasteiger partial charge is 0.262 e. The van der Waals surface area contributed by atoms with E-state index in [1.807, 2.05) is 35.8 Å². The predicted molar refractivity (Wildman–Crippen MR) is 115 cm³/mol. The molecule has 10 heteroatoms. The van der Waals surface area contributed by atoms with Crippen LogP contribution in [-0.2, 0) is 21.9 Å². The first-order valence-electron chi connectivity index (χ1n) is 10.2. The summed E-state index contributed by atoms with van der Waals surface area (Å²) in [5.74, 6) is 0.656. The Hall–Kier alpha value is -2.98. The average Bonchev–Trinajstić information content (AvgIpc) is 3.49. The summed E-state index contributed by atoms with van der Waals surface area (Å²) in [6.07, 6.45) is 3.24. The zero-order valence-corrected chi connectivity index (χ0v) is 18.5. The van der Waals surface area contributed by atoms with Gasteiger partial charge >= 0.3 is 0 Å². The minimum atomic E-state index is -3.65. The van der Waals surface area contributed by atoms with Crippen LogP contribution in [0.1, 0.15) is 18.8 Å². The molecule has 9 nitrogen and oxygen atoms in total. The fraction of sp³-hybridized carbons (Fsp3) is 0.381. The molecule has 0 fully saturated rings. The van der Waals surface area contributed by atoms with E-state index in [0.29, 0.717) is 32.0 Å². The van der Waals surface area contributed by atoms with Crippen molar-refractivity contribution in [3.63, 3.8) is 0 Å². The second-order valence-corrected chi connectivity index (χ2v) is 10.1. The van der Waals surface area contributed by atoms with Crippen LogP contribution in [0.5, 0.6) is 0 Å². The van der Waals surface area contributed by atoms with Gasteiger partial charge in [0.2, 0.25) is 5.91 Å². The van der Waals surface area contributed by atoms with Gasteiger partial charge in [0.15, 0.2) is 5.03 Å². The Bertz CT molecular complexity index is 1300. The summed E-state index contributed by atoms with van der Waals surface area (Å²) in [7, 11) is -1.88. The molecule has 2 aromatic heterocycles. The topological polar surface area (TPSA) is 93.3 Å². The summed E-state index contributed by atoms with van der Waals surface area (Å²) < 4.78 is 31.0. The Morgan fingerprint density at radius 3 is 2.42 bits per heavy atom. The monoisotopic (exact) mass is 440 g/mol. The third-order valence-electron chi connectivity index (χ3n) is 6.26. The van der Waals surface area contributed by atoms with Gasteiger partial charge < -0.3 is 14.0 Å². The third kappa shape index (κ3) is 3.17. The number of imidazole rings is 2. The molecule has 5 rings (SSSR count). The molecule has 2 aliphatic heterocycles. The van der Waals surface area contributed by atoms with E-state index in [9.17, 15) is 13.2 Å². The lowest BCUT2D eigenvalue weighted by Crippen LogP contribution is -2.39. The first-order chi connectivity index (χ1) is 14.8. The fourth-order valence-corrected chi connectivity index (χ4v) is 5.78. The van der Waals surface area contributed by atoms with Crippen molar-refractivity contribution in [3.05, 3.63) is 53.8 Å². The van der Waals surface area contributed by atoms with E-state index in [1.165, 1.54) is 4.31 Å². The zero-order chi connectivity index (χ0) is 21.9. The Labute approximate surface area is 180 Å². The van der Waals surface area contributed by atoms with E-state index in [-0.39, 0.29) is 17.0 Å². The number of carbonyl (C=O) groups excluding carboxylic acids is 1. The minimum absolute atomic E-state index is 0.00677. The van der Waals surface area contributed by atoms with Crippen molar-refractivity contribution in [1.29, 1.82) is 0 Å². The molecule has 0 saturated heterocycles. The number of para-hydroxylation sites is 2. The Morgan fingerprint density at radius 2 is 1.77 bits per heavy atom. The van der Waals surface area contributed by atoms with E-state index in [1.54, 1.807) is 36.0 Å². The van der Waals surface area contributed by atoms with Crippen LogP contribution in [0.2, 0.25) is 0 Å². The number of amides is 1. The van der Waals surface area contributed by atoms with Crippen molar-refractivity contribution in [1.82, 2.24) is 28.3 Å². The number of aryl methyl sites for hydroxylation is 2. The predicted octanol–water partition coefficient (Wildman–Crippen LogP) is 1.48. The maximum absolute atomic E-state index is 13.2. The van der Waals surface area contributed by atoms with E-state index >= 15 is 0 Å². The molecule has 0 bridgehead atoms. The largest absolute Gasteiger partial charge is 0.337 e. The standard InChI is InChI=1S/C21H24N6O3S/c1-14(27-13-22-18-6-4-5-7-19(18)27)21(28)25-8-16-10-26(11-17(16)9-25)31(29,30)20-12-24(3)15(2)23-20/h4-7,12-14H,8-11H2,1-3H3. The number of hydrogen-bond acceptors (Lipinski definition) is 5. The second kappa shape index (κ2) is 7.03. The Morgan fingerprint density at radius 1 is 1.10 bits per heavy atom. The normalized spacial score (nSPS) is 18.2. The molecule has 0 saturated carbocycles. The Balaban J connectivity index is 1.28. The van der Waals surface area contributed by atoms with E-state index in [2.05, 4.69) is 9.97 Å². The molecular formula is C21H24N6O3S. The molecule has 1 aromatic carbocycles. The third-order valence-corrected chi connectivity index (χ3v) is 7.92. The Kier molecular flexibility index (Phi) is 4.52. The molecule has 4 heterocycles. The first kappa shape index (κ1) is 20.0. The molecule has 0 spiro atoms. The van der Waals surface area contributed by atoms with Gasteiger partial charge in [0, 0.05) is 39.4 Å². The van der Waals surface area contributed by atoms with Crippen LogP contribution in [0.4, 0.5) is 0 Å². The quantitative estimate of drug-likeness (QED) is 0.573. The number of fused-ring (bicyclic) bond motifs is 1. The van der Waals surface area contributed by atoms with Gasteiger partial charge in [0.05, 0.1) is 17.4 Å². The summed E-state index contributed by atoms with van der Waals surface area (Å²) in [5.41, 5.74) is 3.79. The van der Waals surface area contributed by atoms with Crippen LogP contribution in [0.15, 0.2) is 53.0 Å². The number of aromatic nitrogens is 4. The van der Waals surface area contributed by atoms with Crippen LogP contribution in [0, 0.1) is 6.92 Å². The van der Waals surface area contributed by atoms with Gasteiger partial charge in [-0.25, -0.2) is 18.4 Å². The van der Waals surface area contributed by atoms with E-state index in [4.69, 9.17) is 0 Å². The summed E-state index contributed by atoms with van der Waals surface area (Å²) in [5, 5.41) is 0.0715. The summed E-state index contributed by atoms with van der Waals surface area (Å²) >= 11 is 0. The van der Waals surface area contributed by atoms with Gasteiger partial charge in [0.25, 0.3) is 10.0 Å². The molecule has 162 valence electrons. The fourth-order valence-electron chi connectivity index (χ4n) is 4.32. The van der Waals surface area contributed by atoms with Crippen LogP contribution in [0.3, 0.4) is 0 Å². The van der Waals surface area contributed by atoms with Gasteiger partial charge in [-0.05, 0) is 37.1 Å². The number of carbonyl (C=O) groups is 1. The molecule has 2 aliphatic rings. The lowest BCUT2D eigenvalue weighted by Gasteiger charge is -2.25. The van der Waals surface area contributed by atoms with Gasteiger partial charge in [-0.1, -0.05) is 12.1 Å². The van der Waals surface area contributed by atoms with E-state index in [0.717, 1.165) is 22.2 Å². The highest BCUT2D eigenvalue weighted by molar-refractivity contribution is 7.89. The van der Waals surface area contributed by atoms with Crippen LogP contribution < -0.4 is 0 Å². The summed E-state index contributed by atoms with van der Waals surface area (Å²) in [4.78, 5) is 23.5. The van der Waals surface area contributed by atoms with Crippen molar-refractivity contribution < 1.29 is 13.2 Å². The summed E-state index contributed by atoms with van der Waals surface area (Å²) in [6, 6.07) is 7.35. The average molecular weight is 441 g/mol. The van der Waals surface area contributed by atoms with Gasteiger partial charge in [-0.15, -0.1) is 0 Å². The molecular weight excluding hydrogens is 416 g/mol. The maximum atomic E-state index is 13.2. The highest BCUT2D eigenvalue weighted by Gasteiger charge is 2.39. The van der Waals surface area contributed by atoms with Crippen LogP contribution in [-0.4, -0.2) is 68.8 Å². The van der Waals surface area contributed by atoms with Crippen molar-refractivity contribution >= 4 is 27.0 Å². The van der Waals surface area contributed by atoms with Crippen LogP contribution >= 0.6 is 0 Å². The highest BCUT2D eigenvalue weighted by Crippen LogP contribution is 2.31. The molecule has 0 N–H and O–H groups in total. The molecule has 1 amide bonds. The molecule has 0 radical (unpaired) electrons. The van der Waals surface area contributed by atoms with Gasteiger partial charge in [-0.3, -0.25) is 4.79 Å². The number of nitrogens with zero attached hydrogens (tertiary/aromatic N) is 6. The van der Waals surface area contributed by atoms with Gasteiger partial charge in [0.1, 0.15) is 11.9 Å². The molecule has 1 unspecified atom stereocenters. The molecule has 1 atom stereocenters. The van der Waals surface area contributed by atoms with Crippen molar-refractivity contribution in [2.24, 2.45) is 7.05 Å². The number of sulfonamides is 1. The maximum Gasteiger partial charge on any atom is 0.262 e. The lowest BCUT2D eigenvalue weighted by molar-refractivity contribution is -0.133. The highest BCUT2D eigenvalue weighted by atomic mass is 32.2. The van der Waals surface area contributed by atoms with Crippen molar-refractivity contribution in [2.45, 2.75) is 24.9 Å². The van der Waals surface area contributed by atoms with Gasteiger partial charge in [-0.2, -0.15) is 4.31 Å². The first-order valence-corrected chi connectivity index (χ1v) is 11.6. The molecule has 31 heavy (non-hydrogen) atoms. The number of benzene rings is 1. The SMILES string of the molecule is Cc1nc(S(=O)(=O)N2CC3=C(CN(C(=O)C(C)n4cnc5ccccc54)C3)C2)cn1C. The number of hydrogen-bond donors (Lipinski definition) is 0. The van der Waals surface area contributed by atoms with Crippen LogP contribution in [0.25, 0.3) is 11.0 Å². The number of rotatable bonds is 4. The minimum Gasteiger partial charge on any atom is -0.337 e. The van der Waals surface area contributed by atoms with E-state index < -0.39 is 10.0 Å². The zero-order valence-electron chi connectivity index (χ0n) is 17.7.